The number of imidazole rings is 1. The van der Waals surface area contributed by atoms with Crippen molar-refractivity contribution in [2.75, 3.05) is 13.1 Å². The Labute approximate surface area is 198 Å². The van der Waals surface area contributed by atoms with Gasteiger partial charge in [0.05, 0.1) is 10.9 Å². The molecule has 0 spiro atoms. The first kappa shape index (κ1) is 23.3. The summed E-state index contributed by atoms with van der Waals surface area (Å²) in [7, 11) is -3.65. The lowest BCUT2D eigenvalue weighted by Gasteiger charge is -2.34. The summed E-state index contributed by atoms with van der Waals surface area (Å²) in [5.41, 5.74) is 1.15. The highest BCUT2D eigenvalue weighted by molar-refractivity contribution is 7.94. The summed E-state index contributed by atoms with van der Waals surface area (Å²) in [6, 6.07) is 7.11. The van der Waals surface area contributed by atoms with Crippen LogP contribution in [0.4, 0.5) is 0 Å². The van der Waals surface area contributed by atoms with Gasteiger partial charge in [0.15, 0.2) is 15.7 Å². The van der Waals surface area contributed by atoms with Gasteiger partial charge < -0.3 is 14.8 Å². The molecule has 1 aliphatic carbocycles. The van der Waals surface area contributed by atoms with Crippen molar-refractivity contribution in [1.82, 2.24) is 19.8 Å². The zero-order valence-corrected chi connectivity index (χ0v) is 20.0. The Kier molecular flexibility index (Phi) is 5.79. The van der Waals surface area contributed by atoms with Crippen LogP contribution < -0.4 is 5.32 Å². The molecule has 0 bridgehead atoms. The fourth-order valence-corrected chi connectivity index (χ4v) is 6.40. The molecule has 10 heteroatoms. The Bertz CT molecular complexity index is 1250. The molecule has 1 fully saturated rings. The number of rotatable bonds is 7. The van der Waals surface area contributed by atoms with Crippen molar-refractivity contribution in [2.45, 2.75) is 49.3 Å². The second-order valence-corrected chi connectivity index (χ2v) is 12.3. The van der Waals surface area contributed by atoms with E-state index in [1.807, 2.05) is 12.1 Å². The lowest BCUT2D eigenvalue weighted by atomic mass is 10.2. The normalized spacial score (nSPS) is 17.3. The van der Waals surface area contributed by atoms with E-state index in [9.17, 15) is 18.0 Å². The summed E-state index contributed by atoms with van der Waals surface area (Å²) in [4.78, 5) is 31.5. The van der Waals surface area contributed by atoms with E-state index >= 15 is 0 Å². The Morgan fingerprint density at radius 1 is 1.27 bits per heavy atom. The number of halogens is 1. The van der Waals surface area contributed by atoms with Crippen LogP contribution in [-0.2, 0) is 22.9 Å². The first-order valence-corrected chi connectivity index (χ1v) is 12.5. The molecule has 174 valence electrons. The van der Waals surface area contributed by atoms with E-state index in [0.29, 0.717) is 31.0 Å². The van der Waals surface area contributed by atoms with Gasteiger partial charge >= 0.3 is 0 Å². The number of terminal acetylenes is 1. The smallest absolute Gasteiger partial charge is 0.287 e. The molecular formula is C23H25ClN4O4S. The van der Waals surface area contributed by atoms with Crippen molar-refractivity contribution < 1.29 is 18.0 Å². The maximum atomic E-state index is 13.1. The molecule has 0 unspecified atom stereocenters. The predicted molar refractivity (Wildman–Crippen MR) is 125 cm³/mol. The maximum absolute atomic E-state index is 13.1. The monoisotopic (exact) mass is 488 g/mol. The molecule has 2 amide bonds. The van der Waals surface area contributed by atoms with Crippen LogP contribution >= 0.6 is 11.6 Å². The third-order valence-electron chi connectivity index (χ3n) is 6.40. The van der Waals surface area contributed by atoms with Crippen LogP contribution in [0.25, 0.3) is 0 Å². The van der Waals surface area contributed by atoms with E-state index in [0.717, 1.165) is 5.56 Å². The molecule has 2 heterocycles. The second-order valence-electron chi connectivity index (χ2n) is 9.00. The van der Waals surface area contributed by atoms with Gasteiger partial charge in [-0.15, -0.1) is 6.42 Å². The van der Waals surface area contributed by atoms with Gasteiger partial charge in [-0.05, 0) is 44.4 Å². The van der Waals surface area contributed by atoms with Crippen LogP contribution in [-0.4, -0.2) is 57.3 Å². The average molecular weight is 489 g/mol. The fourth-order valence-electron chi connectivity index (χ4n) is 4.07. The van der Waals surface area contributed by atoms with Crippen LogP contribution in [0.1, 0.15) is 53.4 Å². The molecular weight excluding hydrogens is 464 g/mol. The van der Waals surface area contributed by atoms with E-state index < -0.39 is 25.2 Å². The maximum Gasteiger partial charge on any atom is 0.287 e. The van der Waals surface area contributed by atoms with E-state index in [1.54, 1.807) is 16.7 Å². The van der Waals surface area contributed by atoms with Crippen molar-refractivity contribution in [3.63, 3.8) is 0 Å². The largest absolute Gasteiger partial charge is 0.345 e. The van der Waals surface area contributed by atoms with Crippen molar-refractivity contribution in [3.05, 3.63) is 52.6 Å². The van der Waals surface area contributed by atoms with E-state index in [4.69, 9.17) is 18.0 Å². The highest BCUT2D eigenvalue weighted by Crippen LogP contribution is 2.49. The molecule has 4 rings (SSSR count). The van der Waals surface area contributed by atoms with Gasteiger partial charge in [0.25, 0.3) is 11.8 Å². The van der Waals surface area contributed by atoms with Gasteiger partial charge in [-0.1, -0.05) is 29.7 Å². The minimum Gasteiger partial charge on any atom is -0.345 e. The summed E-state index contributed by atoms with van der Waals surface area (Å²) in [5, 5.41) is 3.41. The van der Waals surface area contributed by atoms with Crippen molar-refractivity contribution in [1.29, 1.82) is 0 Å². The number of benzene rings is 1. The van der Waals surface area contributed by atoms with Crippen molar-refractivity contribution in [2.24, 2.45) is 0 Å². The number of sulfone groups is 1. The topological polar surface area (TPSA) is 101 Å². The van der Waals surface area contributed by atoms with Crippen molar-refractivity contribution in [3.8, 4) is 12.3 Å². The third kappa shape index (κ3) is 4.02. The van der Waals surface area contributed by atoms with Crippen molar-refractivity contribution >= 4 is 33.3 Å². The van der Waals surface area contributed by atoms with E-state index in [-0.39, 0.29) is 30.5 Å². The summed E-state index contributed by atoms with van der Waals surface area (Å²) >= 11 is 5.88. The van der Waals surface area contributed by atoms with Gasteiger partial charge in [0, 0.05) is 31.2 Å². The number of hydrogen-bond acceptors (Lipinski definition) is 5. The first-order chi connectivity index (χ1) is 15.5. The lowest BCUT2D eigenvalue weighted by Crippen LogP contribution is -2.50. The van der Waals surface area contributed by atoms with Gasteiger partial charge in [-0.25, -0.2) is 13.4 Å². The van der Waals surface area contributed by atoms with Crippen LogP contribution in [0, 0.1) is 12.3 Å². The molecule has 1 aromatic carbocycles. The molecule has 0 radical (unpaired) electrons. The number of amides is 2. The molecule has 2 aliphatic rings. The third-order valence-corrected chi connectivity index (χ3v) is 9.79. The van der Waals surface area contributed by atoms with E-state index in [2.05, 4.69) is 16.2 Å². The second kappa shape index (κ2) is 8.19. The number of carbonyl (C=O) groups is 2. The molecule has 33 heavy (non-hydrogen) atoms. The van der Waals surface area contributed by atoms with Gasteiger partial charge in [-0.2, -0.15) is 0 Å². The minimum atomic E-state index is -3.65. The SMILES string of the molecule is C#CC(C)(C)S(=O)(=O)C1(CN2CCn3c(cnc3C(=O)NCc3ccc(Cl)cc3)C2=O)CC1. The standard InChI is InChI=1S/C23H25ClN4O4S/c1-4-22(2,3)33(31,32)23(9-10-23)15-27-11-12-28-18(21(27)30)14-25-19(28)20(29)26-13-16-5-7-17(24)8-6-16/h1,5-8,14H,9-13,15H2,2-3H3,(H,26,29). The minimum absolute atomic E-state index is 0.0859. The Hall–Kier alpha value is -2.83. The molecule has 2 aromatic rings. The molecule has 1 aromatic heterocycles. The van der Waals surface area contributed by atoms with Crippen LogP contribution in [0.3, 0.4) is 0 Å². The predicted octanol–water partition coefficient (Wildman–Crippen LogP) is 2.28. The molecule has 1 N–H and O–H groups in total. The molecule has 1 aliphatic heterocycles. The summed E-state index contributed by atoms with van der Waals surface area (Å²) in [5.74, 6) is 1.79. The number of fused-ring (bicyclic) bond motifs is 1. The highest BCUT2D eigenvalue weighted by atomic mass is 35.5. The first-order valence-electron chi connectivity index (χ1n) is 10.6. The number of hydrogen-bond donors (Lipinski definition) is 1. The fraction of sp³-hybridized carbons (Fsp3) is 0.435. The number of carbonyl (C=O) groups excluding carboxylic acids is 2. The van der Waals surface area contributed by atoms with E-state index in [1.165, 1.54) is 24.9 Å². The molecule has 1 saturated carbocycles. The molecule has 0 atom stereocenters. The van der Waals surface area contributed by atoms with Crippen LogP contribution in [0.2, 0.25) is 5.02 Å². The van der Waals surface area contributed by atoms with Gasteiger partial charge in [-0.3, -0.25) is 9.59 Å². The van der Waals surface area contributed by atoms with Gasteiger partial charge in [0.2, 0.25) is 0 Å². The Morgan fingerprint density at radius 2 is 1.94 bits per heavy atom. The number of nitrogens with one attached hydrogen (secondary N) is 1. The summed E-state index contributed by atoms with van der Waals surface area (Å²) < 4.78 is 25.5. The van der Waals surface area contributed by atoms with Gasteiger partial charge in [0.1, 0.15) is 10.4 Å². The quantitative estimate of drug-likeness (QED) is 0.602. The number of nitrogens with zero attached hydrogens (tertiary/aromatic N) is 3. The lowest BCUT2D eigenvalue weighted by molar-refractivity contribution is 0.0698. The summed E-state index contributed by atoms with van der Waals surface area (Å²) in [6.45, 7) is 4.05. The highest BCUT2D eigenvalue weighted by Gasteiger charge is 2.60. The zero-order chi connectivity index (χ0) is 24.0. The Balaban J connectivity index is 1.47. The van der Waals surface area contributed by atoms with Crippen LogP contribution in [0.5, 0.6) is 0 Å². The van der Waals surface area contributed by atoms with Crippen LogP contribution in [0.15, 0.2) is 30.5 Å². The Morgan fingerprint density at radius 3 is 2.55 bits per heavy atom. The average Bonchev–Trinajstić information content (AvgIpc) is 3.45. The summed E-state index contributed by atoms with van der Waals surface area (Å²) in [6.07, 6.45) is 7.79. The number of aromatic nitrogens is 2. The molecule has 0 saturated heterocycles. The zero-order valence-electron chi connectivity index (χ0n) is 18.5. The molecule has 8 nitrogen and oxygen atoms in total.